The van der Waals surface area contributed by atoms with E-state index >= 15 is 0 Å². The van der Waals surface area contributed by atoms with Gasteiger partial charge in [0, 0.05) is 43.7 Å². The Morgan fingerprint density at radius 3 is 2.68 bits per heavy atom. The third kappa shape index (κ3) is 5.64. The van der Waals surface area contributed by atoms with E-state index in [-0.39, 0.29) is 23.6 Å². The average molecular weight is 471 g/mol. The number of hydrogen-bond acceptors (Lipinski definition) is 10. The number of nitrogens with two attached hydrogens (primary N) is 1. The molecular weight excluding hydrogens is 436 g/mol. The van der Waals surface area contributed by atoms with Crippen LogP contribution in [0.3, 0.4) is 0 Å². The number of ether oxygens (including phenoxy) is 2. The summed E-state index contributed by atoms with van der Waals surface area (Å²) in [5, 5.41) is 3.56. The summed E-state index contributed by atoms with van der Waals surface area (Å²) < 4.78 is 11.1. The van der Waals surface area contributed by atoms with Gasteiger partial charge in [0.15, 0.2) is 0 Å². The second kappa shape index (κ2) is 9.21. The van der Waals surface area contributed by atoms with Gasteiger partial charge in [-0.25, -0.2) is 19.7 Å². The van der Waals surface area contributed by atoms with Crippen molar-refractivity contribution in [2.45, 2.75) is 58.2 Å². The first-order valence-corrected chi connectivity index (χ1v) is 11.6. The Hall–Kier alpha value is -3.21. The molecule has 0 saturated carbocycles. The maximum atomic E-state index is 12.6. The molecule has 0 aromatic carbocycles. The van der Waals surface area contributed by atoms with E-state index in [4.69, 9.17) is 25.2 Å². The summed E-state index contributed by atoms with van der Waals surface area (Å²) in [6.45, 7) is 12.8. The molecule has 34 heavy (non-hydrogen) atoms. The minimum Gasteiger partial charge on any atom is -0.444 e. The van der Waals surface area contributed by atoms with Crippen LogP contribution in [0, 0.1) is 0 Å². The molecule has 2 aromatic rings. The maximum absolute atomic E-state index is 12.6. The van der Waals surface area contributed by atoms with Gasteiger partial charge in [-0.2, -0.15) is 4.98 Å². The van der Waals surface area contributed by atoms with Crippen molar-refractivity contribution in [2.75, 3.05) is 48.8 Å². The third-order valence-corrected chi connectivity index (χ3v) is 5.86. The van der Waals surface area contributed by atoms with Crippen molar-refractivity contribution in [1.29, 1.82) is 0 Å². The fourth-order valence-corrected chi connectivity index (χ4v) is 4.12. The van der Waals surface area contributed by atoms with Crippen molar-refractivity contribution in [1.82, 2.24) is 24.8 Å². The van der Waals surface area contributed by atoms with Crippen molar-refractivity contribution >= 4 is 23.8 Å². The number of likely N-dealkylation sites (tertiary alicyclic amines) is 1. The van der Waals surface area contributed by atoms with Crippen molar-refractivity contribution in [3.8, 4) is 11.3 Å². The molecule has 3 N–H and O–H groups in total. The molecule has 4 rings (SSSR count). The highest BCUT2D eigenvalue weighted by Gasteiger charge is 2.38. The normalized spacial score (nSPS) is 23.1. The number of morpholine rings is 1. The second-order valence-electron chi connectivity index (χ2n) is 10.2. The number of hydrogen-bond donors (Lipinski definition) is 2. The van der Waals surface area contributed by atoms with Gasteiger partial charge in [-0.1, -0.05) is 0 Å². The Bertz CT molecular complexity index is 1030. The topological polar surface area (TPSA) is 132 Å². The van der Waals surface area contributed by atoms with Crippen LogP contribution in [0.15, 0.2) is 18.5 Å². The van der Waals surface area contributed by atoms with Crippen LogP contribution in [-0.2, 0) is 9.47 Å². The van der Waals surface area contributed by atoms with Crippen molar-refractivity contribution < 1.29 is 14.3 Å². The molecular formula is C23H34N8O3. The standard InChI is InChI=1S/C23H34N8O3/c1-15-13-33-9-8-31(15)20-27-17(16-11-25-19(24)26-12-16)10-18(28-20)29-23(5)6-7-30(14-23)21(32)34-22(2,3)4/h10-12,15H,6-9,13-14H2,1-5H3,(H2,24,25,26)(H,27,28,29)/t15-,23-/m0/s1. The quantitative estimate of drug-likeness (QED) is 0.687. The first kappa shape index (κ1) is 23.9. The molecule has 4 heterocycles. The van der Waals surface area contributed by atoms with E-state index in [1.807, 2.05) is 26.8 Å². The number of aromatic nitrogens is 4. The Labute approximate surface area is 200 Å². The maximum Gasteiger partial charge on any atom is 0.410 e. The van der Waals surface area contributed by atoms with Gasteiger partial charge in [-0.05, 0) is 41.0 Å². The number of nitrogens with zero attached hydrogens (tertiary/aromatic N) is 6. The molecule has 2 saturated heterocycles. The molecule has 2 aromatic heterocycles. The zero-order valence-electron chi connectivity index (χ0n) is 20.5. The second-order valence-corrected chi connectivity index (χ2v) is 10.2. The van der Waals surface area contributed by atoms with Crippen LogP contribution < -0.4 is 16.0 Å². The average Bonchev–Trinajstić information content (AvgIpc) is 3.15. The van der Waals surface area contributed by atoms with Gasteiger partial charge < -0.3 is 30.3 Å². The van der Waals surface area contributed by atoms with Crippen molar-refractivity contribution in [3.05, 3.63) is 18.5 Å². The van der Waals surface area contributed by atoms with E-state index in [0.29, 0.717) is 50.3 Å². The highest BCUT2D eigenvalue weighted by Crippen LogP contribution is 2.30. The Kier molecular flexibility index (Phi) is 6.48. The van der Waals surface area contributed by atoms with Gasteiger partial charge in [0.25, 0.3) is 0 Å². The van der Waals surface area contributed by atoms with E-state index in [1.54, 1.807) is 17.3 Å². The van der Waals surface area contributed by atoms with Crippen LogP contribution in [0.25, 0.3) is 11.3 Å². The summed E-state index contributed by atoms with van der Waals surface area (Å²) in [6, 6.07) is 2.02. The highest BCUT2D eigenvalue weighted by atomic mass is 16.6. The molecule has 2 aliphatic rings. The largest absolute Gasteiger partial charge is 0.444 e. The van der Waals surface area contributed by atoms with E-state index in [0.717, 1.165) is 12.0 Å². The molecule has 0 unspecified atom stereocenters. The van der Waals surface area contributed by atoms with Crippen LogP contribution in [0.4, 0.5) is 22.5 Å². The predicted octanol–water partition coefficient (Wildman–Crippen LogP) is 2.55. The lowest BCUT2D eigenvalue weighted by atomic mass is 10.0. The summed E-state index contributed by atoms with van der Waals surface area (Å²) in [4.78, 5) is 34.3. The molecule has 0 bridgehead atoms. The van der Waals surface area contributed by atoms with E-state index in [2.05, 4.69) is 34.0 Å². The van der Waals surface area contributed by atoms with Gasteiger partial charge in [-0.15, -0.1) is 0 Å². The number of nitrogens with one attached hydrogen (secondary N) is 1. The lowest BCUT2D eigenvalue weighted by Crippen LogP contribution is -2.45. The van der Waals surface area contributed by atoms with E-state index in [1.165, 1.54) is 0 Å². The summed E-state index contributed by atoms with van der Waals surface area (Å²) in [5.74, 6) is 1.49. The number of rotatable bonds is 4. The smallest absolute Gasteiger partial charge is 0.410 e. The fourth-order valence-electron chi connectivity index (χ4n) is 4.12. The molecule has 0 radical (unpaired) electrons. The zero-order valence-corrected chi connectivity index (χ0v) is 20.5. The zero-order chi connectivity index (χ0) is 24.5. The lowest BCUT2D eigenvalue weighted by Gasteiger charge is -2.34. The van der Waals surface area contributed by atoms with Crippen LogP contribution in [-0.4, -0.2) is 81.0 Å². The number of anilines is 3. The van der Waals surface area contributed by atoms with Gasteiger partial charge in [0.1, 0.15) is 11.4 Å². The number of nitrogen functional groups attached to an aromatic ring is 1. The van der Waals surface area contributed by atoms with Gasteiger partial charge in [0.05, 0.1) is 30.5 Å². The van der Waals surface area contributed by atoms with Crippen LogP contribution in [0.5, 0.6) is 0 Å². The molecule has 1 amide bonds. The number of carbonyl (C=O) groups excluding carboxylic acids is 1. The fraction of sp³-hybridized carbons (Fsp3) is 0.609. The first-order chi connectivity index (χ1) is 16.0. The van der Waals surface area contributed by atoms with Crippen LogP contribution >= 0.6 is 0 Å². The molecule has 184 valence electrons. The number of amides is 1. The Morgan fingerprint density at radius 2 is 2.00 bits per heavy atom. The summed E-state index contributed by atoms with van der Waals surface area (Å²) in [6.07, 6.45) is 3.77. The molecule has 2 atom stereocenters. The Morgan fingerprint density at radius 1 is 1.26 bits per heavy atom. The first-order valence-electron chi connectivity index (χ1n) is 11.6. The third-order valence-electron chi connectivity index (χ3n) is 5.86. The molecule has 11 heteroatoms. The molecule has 0 spiro atoms. The summed E-state index contributed by atoms with van der Waals surface area (Å²) in [5.41, 5.74) is 6.21. The highest BCUT2D eigenvalue weighted by molar-refractivity contribution is 5.69. The summed E-state index contributed by atoms with van der Waals surface area (Å²) >= 11 is 0. The van der Waals surface area contributed by atoms with Crippen LogP contribution in [0.1, 0.15) is 41.0 Å². The van der Waals surface area contributed by atoms with Crippen LogP contribution in [0.2, 0.25) is 0 Å². The summed E-state index contributed by atoms with van der Waals surface area (Å²) in [7, 11) is 0. The predicted molar refractivity (Wildman–Crippen MR) is 130 cm³/mol. The van der Waals surface area contributed by atoms with E-state index in [9.17, 15) is 4.79 Å². The minimum absolute atomic E-state index is 0.143. The van der Waals surface area contributed by atoms with Crippen molar-refractivity contribution in [3.63, 3.8) is 0 Å². The molecule has 2 fully saturated rings. The molecule has 0 aliphatic carbocycles. The van der Waals surface area contributed by atoms with Gasteiger partial charge in [-0.3, -0.25) is 0 Å². The molecule has 11 nitrogen and oxygen atoms in total. The monoisotopic (exact) mass is 470 g/mol. The SMILES string of the molecule is C[C@H]1COCCN1c1nc(N[C@@]2(C)CCN(C(=O)OC(C)(C)C)C2)cc(-c2cnc(N)nc2)n1. The lowest BCUT2D eigenvalue weighted by molar-refractivity contribution is 0.0287. The Balaban J connectivity index is 1.60. The molecule has 2 aliphatic heterocycles. The van der Waals surface area contributed by atoms with Gasteiger partial charge in [0.2, 0.25) is 11.9 Å². The number of carbonyl (C=O) groups is 1. The van der Waals surface area contributed by atoms with E-state index < -0.39 is 5.60 Å². The minimum atomic E-state index is -0.532. The van der Waals surface area contributed by atoms with Crippen molar-refractivity contribution in [2.24, 2.45) is 0 Å². The van der Waals surface area contributed by atoms with Gasteiger partial charge >= 0.3 is 6.09 Å².